The zero-order chi connectivity index (χ0) is 12.4. The fraction of sp³-hybridized carbons (Fsp3) is 0.231. The van der Waals surface area contributed by atoms with Crippen molar-refractivity contribution in [1.82, 2.24) is 0 Å². The third-order valence-electron chi connectivity index (χ3n) is 2.74. The van der Waals surface area contributed by atoms with E-state index in [0.29, 0.717) is 6.54 Å². The zero-order valence-corrected chi connectivity index (χ0v) is 10.4. The lowest BCUT2D eigenvalue weighted by Crippen LogP contribution is -2.10. The van der Waals surface area contributed by atoms with Gasteiger partial charge in [0.2, 0.25) is 6.79 Å². The van der Waals surface area contributed by atoms with Crippen LogP contribution in [0.2, 0.25) is 0 Å². The van der Waals surface area contributed by atoms with Crippen molar-refractivity contribution >= 4 is 17.0 Å². The van der Waals surface area contributed by atoms with E-state index in [1.54, 1.807) is 11.3 Å². The maximum atomic E-state index is 9.96. The first-order valence-electron chi connectivity index (χ1n) is 5.68. The first-order valence-corrected chi connectivity index (χ1v) is 6.56. The van der Waals surface area contributed by atoms with Gasteiger partial charge in [0.25, 0.3) is 0 Å². The highest BCUT2D eigenvalue weighted by Gasteiger charge is 2.14. The minimum atomic E-state index is -0.490. The van der Waals surface area contributed by atoms with Crippen LogP contribution in [-0.4, -0.2) is 18.4 Å². The Balaban J connectivity index is 1.63. The summed E-state index contributed by atoms with van der Waals surface area (Å²) in [7, 11) is 0. The molecule has 0 radical (unpaired) electrons. The van der Waals surface area contributed by atoms with Crippen molar-refractivity contribution in [3.8, 4) is 11.5 Å². The molecule has 4 nitrogen and oxygen atoms in total. The van der Waals surface area contributed by atoms with E-state index in [-0.39, 0.29) is 6.79 Å². The summed E-state index contributed by atoms with van der Waals surface area (Å²) in [6.45, 7) is 0.747. The summed E-state index contributed by atoms with van der Waals surface area (Å²) in [4.78, 5) is 0.961. The molecule has 1 aliphatic rings. The zero-order valence-electron chi connectivity index (χ0n) is 9.63. The Morgan fingerprint density at radius 3 is 3.00 bits per heavy atom. The van der Waals surface area contributed by atoms with Crippen molar-refractivity contribution in [2.45, 2.75) is 6.10 Å². The lowest BCUT2D eigenvalue weighted by Gasteiger charge is -2.11. The molecule has 0 fully saturated rings. The Labute approximate surface area is 109 Å². The minimum absolute atomic E-state index is 0.274. The molecular formula is C13H13NO3S. The summed E-state index contributed by atoms with van der Waals surface area (Å²) in [5.41, 5.74) is 0.912. The van der Waals surface area contributed by atoms with E-state index in [4.69, 9.17) is 9.47 Å². The Morgan fingerprint density at radius 2 is 2.17 bits per heavy atom. The number of hydrogen-bond acceptors (Lipinski definition) is 5. The number of hydrogen-bond donors (Lipinski definition) is 2. The summed E-state index contributed by atoms with van der Waals surface area (Å²) in [5.74, 6) is 1.50. The fourth-order valence-electron chi connectivity index (χ4n) is 1.80. The molecule has 0 aliphatic carbocycles. The van der Waals surface area contributed by atoms with Crippen molar-refractivity contribution in [1.29, 1.82) is 0 Å². The fourth-order valence-corrected chi connectivity index (χ4v) is 2.51. The van der Waals surface area contributed by atoms with Crippen LogP contribution in [0.25, 0.3) is 0 Å². The second-order valence-electron chi connectivity index (χ2n) is 3.98. The molecule has 0 amide bonds. The van der Waals surface area contributed by atoms with E-state index in [1.165, 1.54) is 0 Å². The van der Waals surface area contributed by atoms with E-state index in [1.807, 2.05) is 35.7 Å². The van der Waals surface area contributed by atoms with E-state index in [9.17, 15) is 5.11 Å². The Morgan fingerprint density at radius 1 is 1.28 bits per heavy atom. The maximum absolute atomic E-state index is 9.96. The van der Waals surface area contributed by atoms with Crippen molar-refractivity contribution in [2.24, 2.45) is 0 Å². The van der Waals surface area contributed by atoms with Gasteiger partial charge in [-0.1, -0.05) is 6.07 Å². The van der Waals surface area contributed by atoms with Gasteiger partial charge in [0.1, 0.15) is 6.10 Å². The van der Waals surface area contributed by atoms with Gasteiger partial charge in [0.05, 0.1) is 0 Å². The van der Waals surface area contributed by atoms with Crippen LogP contribution in [0, 0.1) is 0 Å². The maximum Gasteiger partial charge on any atom is 0.231 e. The van der Waals surface area contributed by atoms with Crippen molar-refractivity contribution < 1.29 is 14.6 Å². The minimum Gasteiger partial charge on any atom is -0.454 e. The highest BCUT2D eigenvalue weighted by Crippen LogP contribution is 2.34. The van der Waals surface area contributed by atoms with Crippen LogP contribution < -0.4 is 14.8 Å². The number of benzene rings is 1. The normalized spacial score (nSPS) is 14.5. The molecule has 2 heterocycles. The van der Waals surface area contributed by atoms with Crippen molar-refractivity contribution in [3.05, 3.63) is 40.6 Å². The van der Waals surface area contributed by atoms with E-state index >= 15 is 0 Å². The number of rotatable bonds is 4. The van der Waals surface area contributed by atoms with Crippen molar-refractivity contribution in [2.75, 3.05) is 18.7 Å². The van der Waals surface area contributed by atoms with Gasteiger partial charge in [0, 0.05) is 23.2 Å². The van der Waals surface area contributed by atoms with Gasteiger partial charge in [-0.3, -0.25) is 0 Å². The summed E-state index contributed by atoms with van der Waals surface area (Å²) in [6.07, 6.45) is -0.490. The molecule has 94 valence electrons. The molecule has 0 spiro atoms. The predicted molar refractivity (Wildman–Crippen MR) is 70.3 cm³/mol. The van der Waals surface area contributed by atoms with Crippen molar-refractivity contribution in [3.63, 3.8) is 0 Å². The van der Waals surface area contributed by atoms with Crippen LogP contribution in [0.1, 0.15) is 11.0 Å². The number of anilines is 1. The first-order chi connectivity index (χ1) is 8.83. The van der Waals surface area contributed by atoms with E-state index in [2.05, 4.69) is 5.32 Å². The summed E-state index contributed by atoms with van der Waals surface area (Å²) < 4.78 is 10.5. The Kier molecular flexibility index (Phi) is 3.08. The van der Waals surface area contributed by atoms with Gasteiger partial charge in [0.15, 0.2) is 11.5 Å². The molecule has 0 saturated carbocycles. The smallest absolute Gasteiger partial charge is 0.231 e. The number of thiophene rings is 1. The molecule has 5 heteroatoms. The van der Waals surface area contributed by atoms with Gasteiger partial charge >= 0.3 is 0 Å². The van der Waals surface area contributed by atoms with Gasteiger partial charge < -0.3 is 19.9 Å². The van der Waals surface area contributed by atoms with Gasteiger partial charge in [-0.15, -0.1) is 11.3 Å². The molecule has 2 aromatic rings. The quantitative estimate of drug-likeness (QED) is 0.890. The van der Waals surface area contributed by atoms with Crippen LogP contribution >= 0.6 is 11.3 Å². The van der Waals surface area contributed by atoms with Gasteiger partial charge in [-0.2, -0.15) is 0 Å². The third kappa shape index (κ3) is 2.27. The molecule has 1 aromatic heterocycles. The molecule has 1 aromatic carbocycles. The lowest BCUT2D eigenvalue weighted by atomic mass is 10.2. The van der Waals surface area contributed by atoms with Crippen LogP contribution in [-0.2, 0) is 0 Å². The average molecular weight is 263 g/mol. The van der Waals surface area contributed by atoms with Crippen LogP contribution in [0.5, 0.6) is 11.5 Å². The molecule has 18 heavy (non-hydrogen) atoms. The Bertz CT molecular complexity index is 527. The lowest BCUT2D eigenvalue weighted by molar-refractivity contribution is 0.174. The molecule has 1 aliphatic heterocycles. The molecule has 1 unspecified atom stereocenters. The van der Waals surface area contributed by atoms with Crippen LogP contribution in [0.3, 0.4) is 0 Å². The largest absolute Gasteiger partial charge is 0.454 e. The van der Waals surface area contributed by atoms with Crippen LogP contribution in [0.15, 0.2) is 35.7 Å². The topological polar surface area (TPSA) is 50.7 Å². The molecule has 0 saturated heterocycles. The highest BCUT2D eigenvalue weighted by atomic mass is 32.1. The second-order valence-corrected chi connectivity index (χ2v) is 4.96. The summed E-state index contributed by atoms with van der Waals surface area (Å²) in [6, 6.07) is 9.51. The SMILES string of the molecule is OC(CNc1ccc2c(c1)OCO2)c1cccs1. The summed E-state index contributed by atoms with van der Waals surface area (Å²) in [5, 5.41) is 15.1. The number of ether oxygens (including phenoxy) is 2. The van der Waals surface area contributed by atoms with E-state index < -0.39 is 6.10 Å². The van der Waals surface area contributed by atoms with Gasteiger partial charge in [-0.25, -0.2) is 0 Å². The molecule has 0 bridgehead atoms. The third-order valence-corrected chi connectivity index (χ3v) is 3.72. The Hall–Kier alpha value is -1.72. The summed E-state index contributed by atoms with van der Waals surface area (Å²) >= 11 is 1.55. The number of fused-ring (bicyclic) bond motifs is 1. The standard InChI is InChI=1S/C13H13NO3S/c15-10(13-2-1-5-18-13)7-14-9-3-4-11-12(6-9)17-8-16-11/h1-6,10,14-15H,7-8H2. The first kappa shape index (κ1) is 11.4. The predicted octanol–water partition coefficient (Wildman–Crippen LogP) is 2.62. The molecule has 1 atom stereocenters. The number of aliphatic hydroxyl groups is 1. The van der Waals surface area contributed by atoms with Gasteiger partial charge in [-0.05, 0) is 23.6 Å². The van der Waals surface area contributed by atoms with E-state index in [0.717, 1.165) is 22.1 Å². The highest BCUT2D eigenvalue weighted by molar-refractivity contribution is 7.10. The molecule has 3 rings (SSSR count). The molecular weight excluding hydrogens is 250 g/mol. The number of nitrogens with one attached hydrogen (secondary N) is 1. The number of aliphatic hydroxyl groups excluding tert-OH is 1. The monoisotopic (exact) mass is 263 g/mol. The molecule has 2 N–H and O–H groups in total. The second kappa shape index (κ2) is 4.88. The average Bonchev–Trinajstić information content (AvgIpc) is 3.05. The van der Waals surface area contributed by atoms with Crippen LogP contribution in [0.4, 0.5) is 5.69 Å².